The highest BCUT2D eigenvalue weighted by Gasteiger charge is 2.29. The maximum atomic E-state index is 12.4. The molecule has 0 aliphatic rings. The summed E-state index contributed by atoms with van der Waals surface area (Å²) in [6.45, 7) is 0. The molecule has 0 saturated heterocycles. The Balaban J connectivity index is 2.40. The quantitative estimate of drug-likeness (QED) is 0.677. The predicted octanol–water partition coefficient (Wildman–Crippen LogP) is 3.87. The van der Waals surface area contributed by atoms with E-state index >= 15 is 0 Å². The van der Waals surface area contributed by atoms with E-state index in [1.54, 1.807) is 0 Å². The van der Waals surface area contributed by atoms with Crippen LogP contribution < -0.4 is 5.30 Å². The molecule has 0 spiro atoms. The summed E-state index contributed by atoms with van der Waals surface area (Å²) in [5.41, 5.74) is 1.08. The van der Waals surface area contributed by atoms with Gasteiger partial charge in [-0.15, -0.1) is 9.24 Å². The van der Waals surface area contributed by atoms with Crippen LogP contribution in [0.1, 0.15) is 5.56 Å². The smallest absolute Gasteiger partial charge is 0.166 e. The van der Waals surface area contributed by atoms with Crippen molar-refractivity contribution in [2.75, 3.05) is 0 Å². The molecule has 1 atom stereocenters. The second-order valence-electron chi connectivity index (χ2n) is 3.66. The molecular formula is C13H10F3P. The molecule has 2 aromatic rings. The fraction of sp³-hybridized carbons (Fsp3) is 0.0769. The second-order valence-corrected chi connectivity index (χ2v) is 4.28. The first kappa shape index (κ1) is 12.1. The minimum Gasteiger partial charge on any atom is -0.166 e. The van der Waals surface area contributed by atoms with E-state index in [4.69, 9.17) is 0 Å². The summed E-state index contributed by atoms with van der Waals surface area (Å²) in [6, 6.07) is 12.7. The van der Waals surface area contributed by atoms with Gasteiger partial charge in [0.05, 0.1) is 5.56 Å². The third-order valence-electron chi connectivity index (χ3n) is 2.48. The molecular weight excluding hydrogens is 244 g/mol. The van der Waals surface area contributed by atoms with E-state index in [0.29, 0.717) is 0 Å². The van der Waals surface area contributed by atoms with Crippen molar-refractivity contribution in [2.45, 2.75) is 6.18 Å². The van der Waals surface area contributed by atoms with Gasteiger partial charge in [-0.3, -0.25) is 0 Å². The van der Waals surface area contributed by atoms with Crippen molar-refractivity contribution in [1.29, 1.82) is 0 Å². The van der Waals surface area contributed by atoms with Gasteiger partial charge in [0.2, 0.25) is 0 Å². The summed E-state index contributed by atoms with van der Waals surface area (Å²) in [5, 5.41) is 0.965. The first-order chi connectivity index (χ1) is 7.98. The number of halogens is 3. The van der Waals surface area contributed by atoms with Crippen molar-refractivity contribution in [3.05, 3.63) is 54.1 Å². The van der Waals surface area contributed by atoms with Crippen LogP contribution in [0.15, 0.2) is 48.5 Å². The van der Waals surface area contributed by atoms with Crippen LogP contribution in [0.5, 0.6) is 0 Å². The number of benzene rings is 2. The topological polar surface area (TPSA) is 0 Å². The molecule has 0 aliphatic carbocycles. The highest BCUT2D eigenvalue weighted by atomic mass is 31.0. The number of hydrogen-bond donors (Lipinski definition) is 0. The maximum Gasteiger partial charge on any atom is 0.416 e. The van der Waals surface area contributed by atoms with E-state index in [1.807, 2.05) is 24.3 Å². The summed E-state index contributed by atoms with van der Waals surface area (Å²) < 4.78 is 37.2. The van der Waals surface area contributed by atoms with E-state index in [9.17, 15) is 13.2 Å². The number of rotatable bonds is 1. The van der Waals surface area contributed by atoms with Gasteiger partial charge in [-0.2, -0.15) is 13.2 Å². The lowest BCUT2D eigenvalue weighted by Crippen LogP contribution is -2.04. The first-order valence-electron chi connectivity index (χ1n) is 5.00. The Labute approximate surface area is 99.7 Å². The van der Waals surface area contributed by atoms with Crippen molar-refractivity contribution < 1.29 is 13.2 Å². The Morgan fingerprint density at radius 3 is 1.94 bits per heavy atom. The Morgan fingerprint density at radius 1 is 0.824 bits per heavy atom. The summed E-state index contributed by atoms with van der Waals surface area (Å²) in [4.78, 5) is 0. The van der Waals surface area contributed by atoms with Gasteiger partial charge in [0.1, 0.15) is 0 Å². The molecule has 0 N–H and O–H groups in total. The molecule has 17 heavy (non-hydrogen) atoms. The van der Waals surface area contributed by atoms with E-state index in [1.165, 1.54) is 12.1 Å². The predicted molar refractivity (Wildman–Crippen MR) is 66.2 cm³/mol. The van der Waals surface area contributed by atoms with Gasteiger partial charge in [0.15, 0.2) is 0 Å². The van der Waals surface area contributed by atoms with E-state index < -0.39 is 11.7 Å². The Morgan fingerprint density at radius 2 is 1.41 bits per heavy atom. The van der Waals surface area contributed by atoms with Crippen LogP contribution in [-0.2, 0) is 6.18 Å². The SMILES string of the molecule is FC(F)(F)c1ccc(-c2ccccc2P)cc1. The van der Waals surface area contributed by atoms with Gasteiger partial charge in [-0.1, -0.05) is 36.4 Å². The molecule has 2 aromatic carbocycles. The van der Waals surface area contributed by atoms with Crippen LogP contribution >= 0.6 is 9.24 Å². The zero-order chi connectivity index (χ0) is 12.5. The Hall–Kier alpha value is -1.34. The summed E-state index contributed by atoms with van der Waals surface area (Å²) in [6.07, 6.45) is -4.28. The van der Waals surface area contributed by atoms with Crippen LogP contribution in [0.3, 0.4) is 0 Å². The van der Waals surface area contributed by atoms with Gasteiger partial charge >= 0.3 is 6.18 Å². The highest BCUT2D eigenvalue weighted by molar-refractivity contribution is 7.28. The molecule has 0 amide bonds. The minimum absolute atomic E-state index is 0.623. The lowest BCUT2D eigenvalue weighted by atomic mass is 10.0. The normalized spacial score (nSPS) is 11.5. The summed E-state index contributed by atoms with van der Waals surface area (Å²) in [5.74, 6) is 0. The molecule has 0 bridgehead atoms. The minimum atomic E-state index is -4.28. The molecule has 1 unspecified atom stereocenters. The molecule has 88 valence electrons. The monoisotopic (exact) mass is 254 g/mol. The van der Waals surface area contributed by atoms with Crippen LogP contribution in [0.4, 0.5) is 13.2 Å². The molecule has 2 rings (SSSR count). The van der Waals surface area contributed by atoms with Gasteiger partial charge < -0.3 is 0 Å². The molecule has 0 fully saturated rings. The summed E-state index contributed by atoms with van der Waals surface area (Å²) >= 11 is 0. The number of hydrogen-bond acceptors (Lipinski definition) is 0. The molecule has 0 radical (unpaired) electrons. The third kappa shape index (κ3) is 2.67. The van der Waals surface area contributed by atoms with Gasteiger partial charge in [-0.05, 0) is 28.6 Å². The van der Waals surface area contributed by atoms with Gasteiger partial charge in [0.25, 0.3) is 0 Å². The highest BCUT2D eigenvalue weighted by Crippen LogP contribution is 2.30. The van der Waals surface area contributed by atoms with E-state index in [2.05, 4.69) is 9.24 Å². The molecule has 4 heteroatoms. The summed E-state index contributed by atoms with van der Waals surface area (Å²) in [7, 11) is 2.57. The molecule has 0 nitrogen and oxygen atoms in total. The fourth-order valence-electron chi connectivity index (χ4n) is 1.60. The van der Waals surface area contributed by atoms with Crippen molar-refractivity contribution in [3.63, 3.8) is 0 Å². The molecule has 0 aromatic heterocycles. The van der Waals surface area contributed by atoms with Crippen molar-refractivity contribution in [2.24, 2.45) is 0 Å². The number of alkyl halides is 3. The van der Waals surface area contributed by atoms with Crippen LogP contribution in [-0.4, -0.2) is 0 Å². The van der Waals surface area contributed by atoms with Crippen molar-refractivity contribution >= 4 is 14.5 Å². The zero-order valence-corrected chi connectivity index (χ0v) is 9.98. The van der Waals surface area contributed by atoms with Gasteiger partial charge in [-0.25, -0.2) is 0 Å². The van der Waals surface area contributed by atoms with Crippen molar-refractivity contribution in [3.8, 4) is 11.1 Å². The lowest BCUT2D eigenvalue weighted by molar-refractivity contribution is -0.137. The molecule has 0 heterocycles. The van der Waals surface area contributed by atoms with E-state index in [-0.39, 0.29) is 0 Å². The maximum absolute atomic E-state index is 12.4. The van der Waals surface area contributed by atoms with E-state index in [0.717, 1.165) is 28.6 Å². The second kappa shape index (κ2) is 4.50. The first-order valence-corrected chi connectivity index (χ1v) is 5.58. The van der Waals surface area contributed by atoms with Crippen LogP contribution in [0, 0.1) is 0 Å². The Kier molecular flexibility index (Phi) is 3.21. The Bertz CT molecular complexity index is 515. The average molecular weight is 254 g/mol. The van der Waals surface area contributed by atoms with Gasteiger partial charge in [0, 0.05) is 0 Å². The molecule has 0 aliphatic heterocycles. The fourth-order valence-corrected chi connectivity index (χ4v) is 1.97. The zero-order valence-electron chi connectivity index (χ0n) is 8.83. The lowest BCUT2D eigenvalue weighted by Gasteiger charge is -2.09. The average Bonchev–Trinajstić information content (AvgIpc) is 2.29. The van der Waals surface area contributed by atoms with Crippen molar-refractivity contribution in [1.82, 2.24) is 0 Å². The molecule has 0 saturated carbocycles. The van der Waals surface area contributed by atoms with Crippen LogP contribution in [0.2, 0.25) is 0 Å². The largest absolute Gasteiger partial charge is 0.416 e. The van der Waals surface area contributed by atoms with Crippen LogP contribution in [0.25, 0.3) is 11.1 Å². The standard InChI is InChI=1S/C13H10F3P/c14-13(15,16)10-7-5-9(6-8-10)11-3-1-2-4-12(11)17/h1-8H,17H2. The third-order valence-corrected chi connectivity index (χ3v) is 2.99.